The molecule has 0 aromatic carbocycles. The van der Waals surface area contributed by atoms with Gasteiger partial charge in [-0.2, -0.15) is 0 Å². The van der Waals surface area contributed by atoms with Crippen LogP contribution in [0.15, 0.2) is 24.4 Å². The molecule has 92 valence electrons. The van der Waals surface area contributed by atoms with Gasteiger partial charge in [-0.25, -0.2) is 4.98 Å². The maximum atomic E-state index is 6.01. The van der Waals surface area contributed by atoms with Crippen molar-refractivity contribution < 1.29 is 4.74 Å². The lowest BCUT2D eigenvalue weighted by atomic mass is 10.4. The highest BCUT2D eigenvalue weighted by Gasteiger charge is 2.14. The Morgan fingerprint density at radius 3 is 3.00 bits per heavy atom. The number of likely N-dealkylation sites (N-methyl/N-ethyl adjacent to an activating group) is 1. The minimum atomic E-state index is 0.442. The van der Waals surface area contributed by atoms with E-state index in [9.17, 15) is 0 Å². The molecular formula is C12H16ClN3O. The third-order valence-electron chi connectivity index (χ3n) is 2.73. The van der Waals surface area contributed by atoms with E-state index < -0.39 is 0 Å². The van der Waals surface area contributed by atoms with E-state index in [1.54, 1.807) is 7.11 Å². The van der Waals surface area contributed by atoms with Gasteiger partial charge in [0, 0.05) is 26.9 Å². The Balaban J connectivity index is 2.38. The number of hydrogen-bond donors (Lipinski definition) is 0. The zero-order valence-electron chi connectivity index (χ0n) is 10.1. The molecule has 17 heavy (non-hydrogen) atoms. The van der Waals surface area contributed by atoms with Crippen LogP contribution in [0.4, 0.5) is 5.82 Å². The van der Waals surface area contributed by atoms with Crippen LogP contribution in [-0.2, 0) is 10.6 Å². The molecule has 5 heteroatoms. The van der Waals surface area contributed by atoms with Crippen molar-refractivity contribution in [3.05, 3.63) is 30.1 Å². The van der Waals surface area contributed by atoms with Gasteiger partial charge in [0.1, 0.15) is 5.65 Å². The third kappa shape index (κ3) is 2.37. The standard InChI is InChI=1S/C12H16ClN3O/c1-15(7-8-17-2)12-10(9-13)16-6-4-3-5-11(16)14-12/h3-6H,7-9H2,1-2H3. The van der Waals surface area contributed by atoms with E-state index in [0.717, 1.165) is 23.7 Å². The van der Waals surface area contributed by atoms with Crippen LogP contribution < -0.4 is 4.90 Å². The summed E-state index contributed by atoms with van der Waals surface area (Å²) in [7, 11) is 3.69. The number of anilines is 1. The van der Waals surface area contributed by atoms with E-state index in [4.69, 9.17) is 16.3 Å². The molecule has 2 aromatic heterocycles. The third-order valence-corrected chi connectivity index (χ3v) is 2.98. The van der Waals surface area contributed by atoms with Crippen molar-refractivity contribution in [1.29, 1.82) is 0 Å². The molecule has 0 aliphatic heterocycles. The molecule has 2 heterocycles. The van der Waals surface area contributed by atoms with Crippen LogP contribution in [0, 0.1) is 0 Å². The van der Waals surface area contributed by atoms with E-state index >= 15 is 0 Å². The van der Waals surface area contributed by atoms with Crippen molar-refractivity contribution in [3.63, 3.8) is 0 Å². The molecule has 0 unspecified atom stereocenters. The highest BCUT2D eigenvalue weighted by Crippen LogP contribution is 2.22. The summed E-state index contributed by atoms with van der Waals surface area (Å²) in [5.41, 5.74) is 1.93. The van der Waals surface area contributed by atoms with Crippen LogP contribution in [0.3, 0.4) is 0 Å². The Morgan fingerprint density at radius 1 is 1.47 bits per heavy atom. The summed E-state index contributed by atoms with van der Waals surface area (Å²) in [5, 5.41) is 0. The molecule has 0 fully saturated rings. The second-order valence-corrected chi connectivity index (χ2v) is 4.13. The Labute approximate surface area is 106 Å². The van der Waals surface area contributed by atoms with Gasteiger partial charge in [-0.05, 0) is 12.1 Å². The topological polar surface area (TPSA) is 29.8 Å². The predicted octanol–water partition coefficient (Wildman–Crippen LogP) is 2.16. The summed E-state index contributed by atoms with van der Waals surface area (Å²) in [4.78, 5) is 6.65. The number of rotatable bonds is 5. The Bertz CT molecular complexity index is 497. The molecule has 0 amide bonds. The van der Waals surface area contributed by atoms with Gasteiger partial charge in [-0.15, -0.1) is 11.6 Å². The van der Waals surface area contributed by atoms with Crippen molar-refractivity contribution in [2.45, 2.75) is 5.88 Å². The minimum Gasteiger partial charge on any atom is -0.383 e. The predicted molar refractivity (Wildman–Crippen MR) is 69.9 cm³/mol. The van der Waals surface area contributed by atoms with Crippen molar-refractivity contribution in [2.75, 3.05) is 32.2 Å². The van der Waals surface area contributed by atoms with Crippen molar-refractivity contribution >= 4 is 23.1 Å². The zero-order valence-corrected chi connectivity index (χ0v) is 10.8. The molecule has 0 spiro atoms. The maximum Gasteiger partial charge on any atom is 0.152 e. The van der Waals surface area contributed by atoms with E-state index in [-0.39, 0.29) is 0 Å². The quantitative estimate of drug-likeness (QED) is 0.765. The number of hydrogen-bond acceptors (Lipinski definition) is 3. The summed E-state index contributed by atoms with van der Waals surface area (Å²) in [6.45, 7) is 1.47. The number of nitrogens with zero attached hydrogens (tertiary/aromatic N) is 3. The molecule has 0 saturated carbocycles. The first-order valence-electron chi connectivity index (χ1n) is 5.50. The molecular weight excluding hydrogens is 238 g/mol. The Kier molecular flexibility index (Phi) is 3.86. The molecule has 2 aromatic rings. The maximum absolute atomic E-state index is 6.01. The second-order valence-electron chi connectivity index (χ2n) is 3.86. The van der Waals surface area contributed by atoms with Gasteiger partial charge in [-0.3, -0.25) is 0 Å². The van der Waals surface area contributed by atoms with Crippen molar-refractivity contribution in [3.8, 4) is 0 Å². The van der Waals surface area contributed by atoms with Crippen molar-refractivity contribution in [2.24, 2.45) is 0 Å². The van der Waals surface area contributed by atoms with Crippen LogP contribution in [0.25, 0.3) is 5.65 Å². The molecule has 0 atom stereocenters. The van der Waals surface area contributed by atoms with Crippen LogP contribution in [0.2, 0.25) is 0 Å². The number of ether oxygens (including phenoxy) is 1. The van der Waals surface area contributed by atoms with Crippen LogP contribution in [0.5, 0.6) is 0 Å². The van der Waals surface area contributed by atoms with Gasteiger partial charge in [-0.1, -0.05) is 6.07 Å². The molecule has 4 nitrogen and oxygen atoms in total. The fourth-order valence-electron chi connectivity index (χ4n) is 1.80. The summed E-state index contributed by atoms with van der Waals surface area (Å²) in [6, 6.07) is 5.92. The SMILES string of the molecule is COCCN(C)c1nc2ccccn2c1CCl. The van der Waals surface area contributed by atoms with Gasteiger partial charge < -0.3 is 14.0 Å². The largest absolute Gasteiger partial charge is 0.383 e. The molecule has 2 rings (SSSR count). The Morgan fingerprint density at radius 2 is 2.29 bits per heavy atom. The van der Waals surface area contributed by atoms with Crippen LogP contribution in [0.1, 0.15) is 5.69 Å². The molecule has 0 aliphatic rings. The summed E-state index contributed by atoms with van der Waals surface area (Å²) in [6.07, 6.45) is 1.98. The Hall–Kier alpha value is -1.26. The number of alkyl halides is 1. The highest BCUT2D eigenvalue weighted by atomic mass is 35.5. The van der Waals surface area contributed by atoms with Gasteiger partial charge in [0.15, 0.2) is 5.82 Å². The summed E-state index contributed by atoms with van der Waals surface area (Å²) in [5.74, 6) is 1.36. The van der Waals surface area contributed by atoms with Crippen LogP contribution in [-0.4, -0.2) is 36.7 Å². The lowest BCUT2D eigenvalue weighted by Gasteiger charge is -2.17. The number of fused-ring (bicyclic) bond motifs is 1. The van der Waals surface area contributed by atoms with Crippen LogP contribution >= 0.6 is 11.6 Å². The second kappa shape index (κ2) is 5.38. The van der Waals surface area contributed by atoms with Gasteiger partial charge >= 0.3 is 0 Å². The van der Waals surface area contributed by atoms with Gasteiger partial charge in [0.2, 0.25) is 0 Å². The monoisotopic (exact) mass is 253 g/mol. The van der Waals surface area contributed by atoms with E-state index in [1.165, 1.54) is 0 Å². The number of imidazole rings is 1. The molecule has 0 saturated heterocycles. The average Bonchev–Trinajstić information content (AvgIpc) is 2.74. The van der Waals surface area contributed by atoms with Crippen molar-refractivity contribution in [1.82, 2.24) is 9.38 Å². The number of halogens is 1. The zero-order chi connectivity index (χ0) is 12.3. The first kappa shape index (κ1) is 12.2. The first-order chi connectivity index (χ1) is 8.27. The van der Waals surface area contributed by atoms with E-state index in [2.05, 4.69) is 9.88 Å². The number of aromatic nitrogens is 2. The lowest BCUT2D eigenvalue weighted by molar-refractivity contribution is 0.206. The normalized spacial score (nSPS) is 11.0. The highest BCUT2D eigenvalue weighted by molar-refractivity contribution is 6.17. The summed E-state index contributed by atoms with van der Waals surface area (Å²) >= 11 is 6.01. The molecule has 0 radical (unpaired) electrons. The minimum absolute atomic E-state index is 0.442. The molecule has 0 aliphatic carbocycles. The van der Waals surface area contributed by atoms with E-state index in [1.807, 2.05) is 35.8 Å². The van der Waals surface area contributed by atoms with Gasteiger partial charge in [0.05, 0.1) is 18.2 Å². The first-order valence-corrected chi connectivity index (χ1v) is 6.03. The average molecular weight is 254 g/mol. The fourth-order valence-corrected chi connectivity index (χ4v) is 2.05. The fraction of sp³-hybridized carbons (Fsp3) is 0.417. The van der Waals surface area contributed by atoms with E-state index in [0.29, 0.717) is 12.5 Å². The number of methoxy groups -OCH3 is 1. The molecule has 0 N–H and O–H groups in total. The van der Waals surface area contributed by atoms with Gasteiger partial charge in [0.25, 0.3) is 0 Å². The summed E-state index contributed by atoms with van der Waals surface area (Å²) < 4.78 is 7.09. The lowest BCUT2D eigenvalue weighted by Crippen LogP contribution is -2.23. The smallest absolute Gasteiger partial charge is 0.152 e. The number of pyridine rings is 1. The molecule has 0 bridgehead atoms.